The summed E-state index contributed by atoms with van der Waals surface area (Å²) >= 11 is 0. The van der Waals surface area contributed by atoms with Crippen LogP contribution in [0.25, 0.3) is 0 Å². The Kier molecular flexibility index (Phi) is 4.14. The molecule has 1 amide bonds. The summed E-state index contributed by atoms with van der Waals surface area (Å²) in [5.74, 6) is 1.04. The van der Waals surface area contributed by atoms with E-state index < -0.39 is 0 Å². The largest absolute Gasteiger partial charge is 0.489 e. The Labute approximate surface area is 131 Å². The second-order valence-electron chi connectivity index (χ2n) is 5.72. The molecule has 0 saturated carbocycles. The standard InChI is InChI=1S/C19H21NO2/c1-3-11-20-19(21)15-9-10-17-16(12-15)18(13(2)22-17)14-7-5-4-6-8-14/h4-10,12-13,18H,3,11H2,1-2H3,(H,20,21)/t13-,18?/m0/s1. The van der Waals surface area contributed by atoms with E-state index in [4.69, 9.17) is 4.74 Å². The van der Waals surface area contributed by atoms with Gasteiger partial charge in [0.15, 0.2) is 0 Å². The fourth-order valence-corrected chi connectivity index (χ4v) is 3.01. The topological polar surface area (TPSA) is 38.3 Å². The Hall–Kier alpha value is -2.29. The summed E-state index contributed by atoms with van der Waals surface area (Å²) in [5.41, 5.74) is 3.02. The lowest BCUT2D eigenvalue weighted by molar-refractivity contribution is 0.0953. The fourth-order valence-electron chi connectivity index (χ4n) is 3.01. The zero-order chi connectivity index (χ0) is 15.5. The van der Waals surface area contributed by atoms with Crippen LogP contribution in [0.3, 0.4) is 0 Å². The molecule has 114 valence electrons. The van der Waals surface area contributed by atoms with Crippen molar-refractivity contribution in [3.05, 3.63) is 65.2 Å². The second kappa shape index (κ2) is 6.22. The number of amides is 1. The van der Waals surface area contributed by atoms with Gasteiger partial charge in [-0.2, -0.15) is 0 Å². The Morgan fingerprint density at radius 2 is 1.95 bits per heavy atom. The van der Waals surface area contributed by atoms with Crippen molar-refractivity contribution in [3.63, 3.8) is 0 Å². The van der Waals surface area contributed by atoms with E-state index in [9.17, 15) is 4.79 Å². The second-order valence-corrected chi connectivity index (χ2v) is 5.72. The van der Waals surface area contributed by atoms with Crippen molar-refractivity contribution < 1.29 is 9.53 Å². The molecular weight excluding hydrogens is 274 g/mol. The van der Waals surface area contributed by atoms with Crippen LogP contribution in [-0.2, 0) is 0 Å². The number of nitrogens with one attached hydrogen (secondary N) is 1. The van der Waals surface area contributed by atoms with Gasteiger partial charge in [-0.15, -0.1) is 0 Å². The highest BCUT2D eigenvalue weighted by atomic mass is 16.5. The molecule has 22 heavy (non-hydrogen) atoms. The highest BCUT2D eigenvalue weighted by Crippen LogP contribution is 2.42. The SMILES string of the molecule is CCCNC(=O)c1ccc2c(c1)C(c1ccccc1)[C@H](C)O2. The molecular formula is C19H21NO2. The van der Waals surface area contributed by atoms with E-state index in [1.165, 1.54) is 5.56 Å². The average Bonchev–Trinajstić information content (AvgIpc) is 2.88. The normalized spacial score (nSPS) is 19.4. The molecule has 3 rings (SSSR count). The zero-order valence-corrected chi connectivity index (χ0v) is 13.0. The van der Waals surface area contributed by atoms with Gasteiger partial charge in [0.25, 0.3) is 5.91 Å². The molecule has 0 spiro atoms. The number of ether oxygens (including phenoxy) is 1. The van der Waals surface area contributed by atoms with Crippen molar-refractivity contribution in [3.8, 4) is 5.75 Å². The lowest BCUT2D eigenvalue weighted by Crippen LogP contribution is -2.24. The third-order valence-electron chi connectivity index (χ3n) is 4.08. The van der Waals surface area contributed by atoms with Crippen LogP contribution in [-0.4, -0.2) is 18.6 Å². The van der Waals surface area contributed by atoms with Crippen LogP contribution in [0.4, 0.5) is 0 Å². The number of benzene rings is 2. The number of carbonyl (C=O) groups is 1. The Morgan fingerprint density at radius 3 is 2.68 bits per heavy atom. The van der Waals surface area contributed by atoms with Crippen LogP contribution < -0.4 is 10.1 Å². The molecule has 0 aromatic heterocycles. The van der Waals surface area contributed by atoms with Crippen LogP contribution in [0.5, 0.6) is 5.75 Å². The molecule has 0 saturated heterocycles. The van der Waals surface area contributed by atoms with Crippen molar-refractivity contribution >= 4 is 5.91 Å². The minimum Gasteiger partial charge on any atom is -0.489 e. The van der Waals surface area contributed by atoms with Crippen molar-refractivity contribution in [2.24, 2.45) is 0 Å². The van der Waals surface area contributed by atoms with Gasteiger partial charge in [-0.25, -0.2) is 0 Å². The minimum absolute atomic E-state index is 0.0176. The van der Waals surface area contributed by atoms with Crippen LogP contribution in [0.1, 0.15) is 47.7 Å². The maximum atomic E-state index is 12.2. The molecule has 1 aliphatic heterocycles. The lowest BCUT2D eigenvalue weighted by atomic mass is 9.88. The quantitative estimate of drug-likeness (QED) is 0.933. The predicted octanol–water partition coefficient (Wildman–Crippen LogP) is 3.74. The van der Waals surface area contributed by atoms with Gasteiger partial charge >= 0.3 is 0 Å². The minimum atomic E-state index is -0.0176. The zero-order valence-electron chi connectivity index (χ0n) is 13.0. The van der Waals surface area contributed by atoms with E-state index in [1.807, 2.05) is 43.3 Å². The average molecular weight is 295 g/mol. The maximum Gasteiger partial charge on any atom is 0.251 e. The molecule has 2 aromatic carbocycles. The number of hydrogen-bond donors (Lipinski definition) is 1. The van der Waals surface area contributed by atoms with Crippen LogP contribution in [0, 0.1) is 0 Å². The van der Waals surface area contributed by atoms with E-state index in [0.29, 0.717) is 12.1 Å². The first kappa shape index (κ1) is 14.6. The van der Waals surface area contributed by atoms with Gasteiger partial charge in [0, 0.05) is 23.6 Å². The predicted molar refractivity (Wildman–Crippen MR) is 87.4 cm³/mol. The van der Waals surface area contributed by atoms with E-state index in [2.05, 4.69) is 24.4 Å². The number of hydrogen-bond acceptors (Lipinski definition) is 2. The summed E-state index contributed by atoms with van der Waals surface area (Å²) in [4.78, 5) is 12.2. The Morgan fingerprint density at radius 1 is 1.18 bits per heavy atom. The first-order valence-corrected chi connectivity index (χ1v) is 7.84. The van der Waals surface area contributed by atoms with E-state index in [0.717, 1.165) is 17.7 Å². The van der Waals surface area contributed by atoms with Crippen molar-refractivity contribution in [1.29, 1.82) is 0 Å². The first-order chi connectivity index (χ1) is 10.7. The molecule has 0 aliphatic carbocycles. The van der Waals surface area contributed by atoms with Crippen molar-refractivity contribution in [2.45, 2.75) is 32.3 Å². The molecule has 2 atom stereocenters. The van der Waals surface area contributed by atoms with Crippen molar-refractivity contribution in [1.82, 2.24) is 5.32 Å². The third kappa shape index (κ3) is 2.71. The summed E-state index contributed by atoms with van der Waals surface area (Å²) < 4.78 is 5.96. The summed E-state index contributed by atoms with van der Waals surface area (Å²) in [6.45, 7) is 4.82. The van der Waals surface area contributed by atoms with Gasteiger partial charge < -0.3 is 10.1 Å². The molecule has 0 fully saturated rings. The molecule has 3 heteroatoms. The number of fused-ring (bicyclic) bond motifs is 1. The summed E-state index contributed by atoms with van der Waals surface area (Å²) in [6.07, 6.45) is 1.01. The molecule has 1 heterocycles. The van der Waals surface area contributed by atoms with Crippen LogP contribution in [0.2, 0.25) is 0 Å². The van der Waals surface area contributed by atoms with Gasteiger partial charge in [0.2, 0.25) is 0 Å². The van der Waals surface area contributed by atoms with Gasteiger partial charge in [-0.3, -0.25) is 4.79 Å². The summed E-state index contributed by atoms with van der Waals surface area (Å²) in [5, 5.41) is 2.93. The molecule has 1 N–H and O–H groups in total. The van der Waals surface area contributed by atoms with Crippen LogP contribution in [0.15, 0.2) is 48.5 Å². The van der Waals surface area contributed by atoms with E-state index in [1.54, 1.807) is 0 Å². The summed E-state index contributed by atoms with van der Waals surface area (Å²) in [7, 11) is 0. The number of rotatable bonds is 4. The smallest absolute Gasteiger partial charge is 0.251 e. The van der Waals surface area contributed by atoms with Gasteiger partial charge in [-0.1, -0.05) is 37.3 Å². The highest BCUT2D eigenvalue weighted by Gasteiger charge is 2.32. The molecule has 0 radical (unpaired) electrons. The van der Waals surface area contributed by atoms with Gasteiger partial charge in [0.05, 0.1) is 0 Å². The van der Waals surface area contributed by atoms with Crippen LogP contribution >= 0.6 is 0 Å². The number of carbonyl (C=O) groups excluding carboxylic acids is 1. The summed E-state index contributed by atoms with van der Waals surface area (Å²) in [6, 6.07) is 16.0. The maximum absolute atomic E-state index is 12.2. The Balaban J connectivity index is 1.94. The van der Waals surface area contributed by atoms with Crippen molar-refractivity contribution in [2.75, 3.05) is 6.54 Å². The molecule has 1 unspecified atom stereocenters. The molecule has 2 aromatic rings. The monoisotopic (exact) mass is 295 g/mol. The lowest BCUT2D eigenvalue weighted by Gasteiger charge is -2.15. The van der Waals surface area contributed by atoms with E-state index >= 15 is 0 Å². The first-order valence-electron chi connectivity index (χ1n) is 7.84. The molecule has 3 nitrogen and oxygen atoms in total. The molecule has 1 aliphatic rings. The molecule has 0 bridgehead atoms. The highest BCUT2D eigenvalue weighted by molar-refractivity contribution is 5.94. The fraction of sp³-hybridized carbons (Fsp3) is 0.316. The van der Waals surface area contributed by atoms with Gasteiger partial charge in [0.1, 0.15) is 11.9 Å². The third-order valence-corrected chi connectivity index (χ3v) is 4.08. The Bertz CT molecular complexity index is 666. The van der Waals surface area contributed by atoms with E-state index in [-0.39, 0.29) is 17.9 Å². The van der Waals surface area contributed by atoms with Gasteiger partial charge in [-0.05, 0) is 37.1 Å².